The summed E-state index contributed by atoms with van der Waals surface area (Å²) in [4.78, 5) is 25.5. The monoisotopic (exact) mass is 496 g/mol. The van der Waals surface area contributed by atoms with Crippen LogP contribution in [0.3, 0.4) is 0 Å². The molecular formula is C25H40N2O6S. The third-order valence-electron chi connectivity index (χ3n) is 5.55. The summed E-state index contributed by atoms with van der Waals surface area (Å²) >= 11 is 0. The highest BCUT2D eigenvalue weighted by Crippen LogP contribution is 2.24. The smallest absolute Gasteiger partial charge is 0.313 e. The number of ether oxygens (including phenoxy) is 2. The van der Waals surface area contributed by atoms with Crippen molar-refractivity contribution in [2.45, 2.75) is 96.9 Å². The van der Waals surface area contributed by atoms with Crippen molar-refractivity contribution < 1.29 is 27.5 Å². The van der Waals surface area contributed by atoms with Gasteiger partial charge < -0.3 is 14.8 Å². The fourth-order valence-electron chi connectivity index (χ4n) is 3.45. The van der Waals surface area contributed by atoms with Gasteiger partial charge in [0.2, 0.25) is 22.2 Å². The Kier molecular flexibility index (Phi) is 8.93. The minimum absolute atomic E-state index is 0.0658. The SMILES string of the molecule is CC(C)CC(NS(=O)(=O)c1ccc(C(C)(C)C)cc1)C(=O)N[C@H]1CCO[C@H]1OC(=O)C(C)(C)C. The van der Waals surface area contributed by atoms with Crippen LogP contribution in [0.25, 0.3) is 0 Å². The zero-order valence-corrected chi connectivity index (χ0v) is 22.4. The highest BCUT2D eigenvalue weighted by molar-refractivity contribution is 7.89. The number of hydrogen-bond donors (Lipinski definition) is 2. The molecule has 1 fully saturated rings. The molecule has 1 saturated heterocycles. The van der Waals surface area contributed by atoms with Crippen LogP contribution in [0.5, 0.6) is 0 Å². The van der Waals surface area contributed by atoms with Gasteiger partial charge >= 0.3 is 5.97 Å². The molecule has 0 aromatic heterocycles. The molecule has 2 N–H and O–H groups in total. The minimum Gasteiger partial charge on any atom is -0.433 e. The van der Waals surface area contributed by atoms with Crippen LogP contribution in [0.1, 0.15) is 73.8 Å². The first kappa shape index (κ1) is 28.3. The van der Waals surface area contributed by atoms with Gasteiger partial charge in [0.1, 0.15) is 6.04 Å². The summed E-state index contributed by atoms with van der Waals surface area (Å²) in [5.74, 6) is -0.844. The summed E-state index contributed by atoms with van der Waals surface area (Å²) in [5, 5.41) is 2.83. The average molecular weight is 497 g/mol. The molecule has 1 aliphatic rings. The second-order valence-corrected chi connectivity index (χ2v) is 13.1. The van der Waals surface area contributed by atoms with E-state index in [2.05, 4.69) is 30.8 Å². The molecule has 3 atom stereocenters. The topological polar surface area (TPSA) is 111 Å². The predicted molar refractivity (Wildman–Crippen MR) is 131 cm³/mol. The van der Waals surface area contributed by atoms with E-state index in [-0.39, 0.29) is 16.2 Å². The standard InChI is InChI=1S/C25H40N2O6S/c1-16(2)15-20(27-34(30,31)18-11-9-17(10-12-18)24(3,4)5)21(28)26-19-13-14-32-22(19)33-23(29)25(6,7)8/h9-12,16,19-20,22,27H,13-15H2,1-8H3,(H,26,28)/t19-,20?,22-/m0/s1. The van der Waals surface area contributed by atoms with Gasteiger partial charge in [-0.25, -0.2) is 8.42 Å². The van der Waals surface area contributed by atoms with Gasteiger partial charge in [-0.3, -0.25) is 9.59 Å². The lowest BCUT2D eigenvalue weighted by molar-refractivity contribution is -0.182. The van der Waals surface area contributed by atoms with E-state index in [1.165, 1.54) is 0 Å². The lowest BCUT2D eigenvalue weighted by Crippen LogP contribution is -2.52. The van der Waals surface area contributed by atoms with Gasteiger partial charge in [-0.05, 0) is 62.6 Å². The van der Waals surface area contributed by atoms with E-state index in [1.54, 1.807) is 45.0 Å². The Labute approximate surface area is 204 Å². The van der Waals surface area contributed by atoms with E-state index < -0.39 is 45.7 Å². The molecule has 1 aromatic rings. The summed E-state index contributed by atoms with van der Waals surface area (Å²) in [6, 6.07) is 5.16. The van der Waals surface area contributed by atoms with Gasteiger partial charge in [-0.15, -0.1) is 0 Å². The van der Waals surface area contributed by atoms with Crippen LogP contribution < -0.4 is 10.0 Å². The van der Waals surface area contributed by atoms with Crippen molar-refractivity contribution >= 4 is 21.9 Å². The Hall–Kier alpha value is -1.97. The van der Waals surface area contributed by atoms with Crippen LogP contribution in [0.4, 0.5) is 0 Å². The summed E-state index contributed by atoms with van der Waals surface area (Å²) in [6.07, 6.45) is -0.133. The van der Waals surface area contributed by atoms with E-state index in [9.17, 15) is 18.0 Å². The van der Waals surface area contributed by atoms with Gasteiger partial charge in [-0.1, -0.05) is 46.8 Å². The van der Waals surface area contributed by atoms with Gasteiger partial charge in [0, 0.05) is 0 Å². The van der Waals surface area contributed by atoms with E-state index in [0.29, 0.717) is 19.4 Å². The highest BCUT2D eigenvalue weighted by Gasteiger charge is 2.37. The van der Waals surface area contributed by atoms with Crippen LogP contribution in [-0.2, 0) is 34.5 Å². The average Bonchev–Trinajstić information content (AvgIpc) is 3.12. The molecule has 0 aliphatic carbocycles. The summed E-state index contributed by atoms with van der Waals surface area (Å²) in [5.41, 5.74) is 0.199. The second kappa shape index (κ2) is 10.7. The first-order chi connectivity index (χ1) is 15.5. The van der Waals surface area contributed by atoms with Gasteiger partial charge in [0.15, 0.2) is 0 Å². The largest absolute Gasteiger partial charge is 0.433 e. The Morgan fingerprint density at radius 1 is 1.09 bits per heavy atom. The van der Waals surface area contributed by atoms with Crippen LogP contribution in [0.2, 0.25) is 0 Å². The Morgan fingerprint density at radius 3 is 2.18 bits per heavy atom. The molecule has 0 spiro atoms. The second-order valence-electron chi connectivity index (χ2n) is 11.4. The number of benzene rings is 1. The van der Waals surface area contributed by atoms with Crippen LogP contribution in [-0.4, -0.2) is 45.3 Å². The Bertz CT molecular complexity index is 959. The van der Waals surface area contributed by atoms with E-state index >= 15 is 0 Å². The lowest BCUT2D eigenvalue weighted by Gasteiger charge is -2.26. The highest BCUT2D eigenvalue weighted by atomic mass is 32.2. The molecule has 192 valence electrons. The maximum atomic E-state index is 13.1. The van der Waals surface area contributed by atoms with Crippen LogP contribution >= 0.6 is 0 Å². The molecule has 1 aromatic carbocycles. The Morgan fingerprint density at radius 2 is 1.68 bits per heavy atom. The molecular weight excluding hydrogens is 456 g/mol. The fourth-order valence-corrected chi connectivity index (χ4v) is 4.66. The van der Waals surface area contributed by atoms with Crippen molar-refractivity contribution in [1.29, 1.82) is 0 Å². The van der Waals surface area contributed by atoms with Gasteiger partial charge in [0.25, 0.3) is 0 Å². The first-order valence-corrected chi connectivity index (χ1v) is 13.2. The fraction of sp³-hybridized carbons (Fsp3) is 0.680. The molecule has 0 bridgehead atoms. The molecule has 8 nitrogen and oxygen atoms in total. The minimum atomic E-state index is -3.93. The van der Waals surface area contributed by atoms with Gasteiger partial charge in [0.05, 0.1) is 23.0 Å². The molecule has 9 heteroatoms. The molecule has 34 heavy (non-hydrogen) atoms. The van der Waals surface area contributed by atoms with Crippen molar-refractivity contribution in [2.75, 3.05) is 6.61 Å². The number of nitrogens with one attached hydrogen (secondary N) is 2. The normalized spacial score (nSPS) is 20.3. The van der Waals surface area contributed by atoms with E-state index in [1.807, 2.05) is 13.8 Å². The summed E-state index contributed by atoms with van der Waals surface area (Å²) in [6.45, 7) is 15.5. The summed E-state index contributed by atoms with van der Waals surface area (Å²) < 4.78 is 39.6. The number of carbonyl (C=O) groups excluding carboxylic acids is 2. The van der Waals surface area contributed by atoms with Crippen molar-refractivity contribution in [1.82, 2.24) is 10.0 Å². The first-order valence-electron chi connectivity index (χ1n) is 11.8. The number of hydrogen-bond acceptors (Lipinski definition) is 6. The van der Waals surface area contributed by atoms with Crippen LogP contribution in [0, 0.1) is 11.3 Å². The third kappa shape index (κ3) is 7.78. The van der Waals surface area contributed by atoms with Crippen LogP contribution in [0.15, 0.2) is 29.2 Å². The zero-order chi connectivity index (χ0) is 25.9. The van der Waals surface area contributed by atoms with E-state index in [0.717, 1.165) is 5.56 Å². The lowest BCUT2D eigenvalue weighted by atomic mass is 9.87. The predicted octanol–water partition coefficient (Wildman–Crippen LogP) is 3.50. The van der Waals surface area contributed by atoms with Crippen molar-refractivity contribution in [2.24, 2.45) is 11.3 Å². The molecule has 1 aliphatic heterocycles. The molecule has 1 amide bonds. The van der Waals surface area contributed by atoms with Gasteiger partial charge in [-0.2, -0.15) is 4.72 Å². The summed E-state index contributed by atoms with van der Waals surface area (Å²) in [7, 11) is -3.93. The third-order valence-corrected chi connectivity index (χ3v) is 7.04. The maximum Gasteiger partial charge on any atom is 0.313 e. The van der Waals surface area contributed by atoms with E-state index in [4.69, 9.17) is 9.47 Å². The quantitative estimate of drug-likeness (QED) is 0.533. The molecule has 0 radical (unpaired) electrons. The molecule has 1 unspecified atom stereocenters. The van der Waals surface area contributed by atoms with Crippen molar-refractivity contribution in [3.8, 4) is 0 Å². The van der Waals surface area contributed by atoms with Crippen molar-refractivity contribution in [3.05, 3.63) is 29.8 Å². The number of esters is 1. The number of rotatable bonds is 8. The number of sulfonamides is 1. The van der Waals surface area contributed by atoms with Crippen molar-refractivity contribution in [3.63, 3.8) is 0 Å². The molecule has 0 saturated carbocycles. The molecule has 1 heterocycles. The number of carbonyl (C=O) groups is 2. The Balaban J connectivity index is 2.15. The molecule has 2 rings (SSSR count). The zero-order valence-electron chi connectivity index (χ0n) is 21.6. The number of amides is 1. The maximum absolute atomic E-state index is 13.1.